The van der Waals surface area contributed by atoms with Crippen LogP contribution >= 0.6 is 34.2 Å². The van der Waals surface area contributed by atoms with Crippen LogP contribution in [0.25, 0.3) is 0 Å². The Kier molecular flexibility index (Phi) is 5.73. The Hall–Kier alpha value is -1.67. The van der Waals surface area contributed by atoms with Gasteiger partial charge in [-0.15, -0.1) is 0 Å². The third-order valence-corrected chi connectivity index (χ3v) is 3.76. The van der Waals surface area contributed by atoms with Gasteiger partial charge in [-0.05, 0) is 65.9 Å². The van der Waals surface area contributed by atoms with Crippen LogP contribution in [0.4, 0.5) is 5.69 Å². The first-order chi connectivity index (χ1) is 10.5. The molecule has 1 heterocycles. The molecule has 0 bridgehead atoms. The molecule has 0 fully saturated rings. The zero-order valence-electron chi connectivity index (χ0n) is 11.5. The van der Waals surface area contributed by atoms with Crippen LogP contribution in [-0.2, 0) is 9.53 Å². The molecule has 7 heteroatoms. The van der Waals surface area contributed by atoms with Gasteiger partial charge in [-0.25, -0.2) is 9.78 Å². The van der Waals surface area contributed by atoms with Crippen molar-refractivity contribution >= 4 is 51.8 Å². The summed E-state index contributed by atoms with van der Waals surface area (Å²) in [4.78, 5) is 27.8. The zero-order valence-corrected chi connectivity index (χ0v) is 14.5. The van der Waals surface area contributed by atoms with Crippen LogP contribution in [-0.4, -0.2) is 23.0 Å². The Morgan fingerprint density at radius 3 is 2.59 bits per heavy atom. The van der Waals surface area contributed by atoms with Crippen molar-refractivity contribution in [2.75, 3.05) is 5.32 Å². The van der Waals surface area contributed by atoms with E-state index in [0.29, 0.717) is 5.69 Å². The molecule has 0 aliphatic rings. The van der Waals surface area contributed by atoms with Gasteiger partial charge in [0.25, 0.3) is 5.91 Å². The lowest BCUT2D eigenvalue weighted by Crippen LogP contribution is -2.30. The number of amides is 1. The minimum absolute atomic E-state index is 0.0396. The fourth-order valence-electron chi connectivity index (χ4n) is 1.59. The maximum atomic E-state index is 12.0. The van der Waals surface area contributed by atoms with E-state index >= 15 is 0 Å². The molecule has 2 rings (SSSR count). The number of esters is 1. The van der Waals surface area contributed by atoms with Crippen molar-refractivity contribution < 1.29 is 14.3 Å². The van der Waals surface area contributed by atoms with Gasteiger partial charge < -0.3 is 10.1 Å². The number of pyridine rings is 1. The van der Waals surface area contributed by atoms with Gasteiger partial charge in [0.05, 0.1) is 5.56 Å². The molecule has 1 N–H and O–H groups in total. The van der Waals surface area contributed by atoms with Gasteiger partial charge in [0.15, 0.2) is 6.10 Å². The summed E-state index contributed by atoms with van der Waals surface area (Å²) in [5.41, 5.74) is 0.755. The second-order valence-corrected chi connectivity index (χ2v) is 5.99. The number of halogens is 2. The molecular weight excluding hydrogens is 419 g/mol. The van der Waals surface area contributed by atoms with Crippen molar-refractivity contribution in [1.29, 1.82) is 0 Å². The lowest BCUT2D eigenvalue weighted by atomic mass is 10.2. The van der Waals surface area contributed by atoms with E-state index in [0.717, 1.165) is 3.57 Å². The van der Waals surface area contributed by atoms with Crippen molar-refractivity contribution in [1.82, 2.24) is 4.98 Å². The molecule has 5 nitrogen and oxygen atoms in total. The standard InChI is InChI=1S/C15H12ClIN2O3/c1-9(14(20)19-11-6-4-10(17)5-7-11)22-15(21)12-3-2-8-18-13(12)16/h2-9H,1H3,(H,19,20). The molecule has 0 aliphatic heterocycles. The number of carbonyl (C=O) groups is 2. The van der Waals surface area contributed by atoms with Crippen LogP contribution in [0.15, 0.2) is 42.6 Å². The third-order valence-electron chi connectivity index (χ3n) is 2.74. The number of nitrogens with zero attached hydrogens (tertiary/aromatic N) is 1. The average Bonchev–Trinajstić information content (AvgIpc) is 2.49. The normalized spacial score (nSPS) is 11.6. The Morgan fingerprint density at radius 2 is 1.95 bits per heavy atom. The molecule has 0 radical (unpaired) electrons. The van der Waals surface area contributed by atoms with Gasteiger partial charge in [-0.2, -0.15) is 0 Å². The SMILES string of the molecule is CC(OC(=O)c1cccnc1Cl)C(=O)Nc1ccc(I)cc1. The van der Waals surface area contributed by atoms with Gasteiger partial charge in [-0.3, -0.25) is 4.79 Å². The van der Waals surface area contributed by atoms with Gasteiger partial charge >= 0.3 is 5.97 Å². The second-order valence-electron chi connectivity index (χ2n) is 4.39. The topological polar surface area (TPSA) is 68.3 Å². The molecule has 0 saturated heterocycles. The Labute approximate surface area is 146 Å². The number of nitrogens with one attached hydrogen (secondary N) is 1. The minimum Gasteiger partial charge on any atom is -0.449 e. The highest BCUT2D eigenvalue weighted by atomic mass is 127. The summed E-state index contributed by atoms with van der Waals surface area (Å²) < 4.78 is 6.15. The first-order valence-corrected chi connectivity index (χ1v) is 7.81. The molecular formula is C15H12ClIN2O3. The monoisotopic (exact) mass is 430 g/mol. The summed E-state index contributed by atoms with van der Waals surface area (Å²) in [7, 11) is 0. The molecule has 1 atom stereocenters. The lowest BCUT2D eigenvalue weighted by Gasteiger charge is -2.13. The zero-order chi connectivity index (χ0) is 16.1. The summed E-state index contributed by atoms with van der Waals surface area (Å²) in [5, 5.41) is 2.71. The van der Waals surface area contributed by atoms with Crippen LogP contribution in [0.3, 0.4) is 0 Å². The van der Waals surface area contributed by atoms with Crippen molar-refractivity contribution in [3.63, 3.8) is 0 Å². The number of ether oxygens (including phenoxy) is 1. The number of benzene rings is 1. The molecule has 0 aliphatic carbocycles. The van der Waals surface area contributed by atoms with Crippen LogP contribution in [0, 0.1) is 3.57 Å². The van der Waals surface area contributed by atoms with E-state index in [1.807, 2.05) is 12.1 Å². The lowest BCUT2D eigenvalue weighted by molar-refractivity contribution is -0.123. The summed E-state index contributed by atoms with van der Waals surface area (Å²) in [6, 6.07) is 10.3. The van der Waals surface area contributed by atoms with Crippen LogP contribution in [0.2, 0.25) is 5.15 Å². The molecule has 0 saturated carbocycles. The van der Waals surface area contributed by atoms with E-state index in [1.54, 1.807) is 18.2 Å². The molecule has 2 aromatic rings. The first-order valence-electron chi connectivity index (χ1n) is 6.35. The number of carbonyl (C=O) groups excluding carboxylic acids is 2. The molecule has 1 aromatic carbocycles. The number of hydrogen-bond acceptors (Lipinski definition) is 4. The predicted octanol–water partition coefficient (Wildman–Crippen LogP) is 3.52. The van der Waals surface area contributed by atoms with Crippen molar-refractivity contribution in [2.24, 2.45) is 0 Å². The first kappa shape index (κ1) is 16.7. The summed E-state index contributed by atoms with van der Waals surface area (Å²) in [6.07, 6.45) is 0.509. The molecule has 114 valence electrons. The molecule has 1 amide bonds. The summed E-state index contributed by atoms with van der Waals surface area (Å²) >= 11 is 7.98. The number of rotatable bonds is 4. The van der Waals surface area contributed by atoms with Crippen LogP contribution < -0.4 is 5.32 Å². The average molecular weight is 431 g/mol. The Bertz CT molecular complexity index is 691. The van der Waals surface area contributed by atoms with E-state index in [4.69, 9.17) is 16.3 Å². The van der Waals surface area contributed by atoms with Gasteiger partial charge in [0, 0.05) is 15.5 Å². The highest BCUT2D eigenvalue weighted by Crippen LogP contribution is 2.15. The molecule has 1 aromatic heterocycles. The van der Waals surface area contributed by atoms with Gasteiger partial charge in [0.2, 0.25) is 0 Å². The highest BCUT2D eigenvalue weighted by molar-refractivity contribution is 14.1. The second kappa shape index (κ2) is 7.55. The minimum atomic E-state index is -0.956. The number of anilines is 1. The smallest absolute Gasteiger partial charge is 0.342 e. The van der Waals surface area contributed by atoms with E-state index < -0.39 is 18.0 Å². The number of aromatic nitrogens is 1. The Balaban J connectivity index is 1.98. The van der Waals surface area contributed by atoms with Crippen molar-refractivity contribution in [3.05, 3.63) is 56.9 Å². The fourth-order valence-corrected chi connectivity index (χ4v) is 2.15. The molecule has 22 heavy (non-hydrogen) atoms. The quantitative estimate of drug-likeness (QED) is 0.458. The molecule has 1 unspecified atom stereocenters. The van der Waals surface area contributed by atoms with Crippen molar-refractivity contribution in [3.8, 4) is 0 Å². The molecule has 0 spiro atoms. The Morgan fingerprint density at radius 1 is 1.27 bits per heavy atom. The van der Waals surface area contributed by atoms with Crippen molar-refractivity contribution in [2.45, 2.75) is 13.0 Å². The number of hydrogen-bond donors (Lipinski definition) is 1. The van der Waals surface area contributed by atoms with E-state index in [9.17, 15) is 9.59 Å². The van der Waals surface area contributed by atoms with Gasteiger partial charge in [0.1, 0.15) is 5.15 Å². The van der Waals surface area contributed by atoms with E-state index in [2.05, 4.69) is 32.9 Å². The summed E-state index contributed by atoms with van der Waals surface area (Å²) in [5.74, 6) is -1.11. The van der Waals surface area contributed by atoms with Crippen LogP contribution in [0.5, 0.6) is 0 Å². The van der Waals surface area contributed by atoms with Gasteiger partial charge in [-0.1, -0.05) is 11.6 Å². The third kappa shape index (κ3) is 4.41. The van der Waals surface area contributed by atoms with Crippen LogP contribution in [0.1, 0.15) is 17.3 Å². The van der Waals surface area contributed by atoms with E-state index in [1.165, 1.54) is 19.2 Å². The predicted molar refractivity (Wildman–Crippen MR) is 91.9 cm³/mol. The maximum Gasteiger partial charge on any atom is 0.342 e. The fraction of sp³-hybridized carbons (Fsp3) is 0.133. The largest absolute Gasteiger partial charge is 0.449 e. The highest BCUT2D eigenvalue weighted by Gasteiger charge is 2.20. The summed E-state index contributed by atoms with van der Waals surface area (Å²) in [6.45, 7) is 1.49. The maximum absolute atomic E-state index is 12.0. The van der Waals surface area contributed by atoms with E-state index in [-0.39, 0.29) is 10.7 Å².